The quantitative estimate of drug-likeness (QED) is 0.588. The third kappa shape index (κ3) is 4.35. The topological polar surface area (TPSA) is 55.1 Å². The molecule has 1 unspecified atom stereocenters. The summed E-state index contributed by atoms with van der Waals surface area (Å²) in [5.74, 6) is 0.707. The number of carbonyl (C=O) groups is 1. The molecule has 0 spiro atoms. The number of benzene rings is 1. The van der Waals surface area contributed by atoms with E-state index in [1.165, 1.54) is 10.5 Å². The van der Waals surface area contributed by atoms with Crippen LogP contribution in [0.25, 0.3) is 0 Å². The number of likely N-dealkylation sites (N-methyl/N-ethyl adjacent to an activating group) is 1. The van der Waals surface area contributed by atoms with Gasteiger partial charge >= 0.3 is 0 Å². The number of primary amides is 1. The lowest BCUT2D eigenvalue weighted by Crippen LogP contribution is -2.51. The highest BCUT2D eigenvalue weighted by molar-refractivity contribution is 7.99. The maximum absolute atomic E-state index is 11.3. The van der Waals surface area contributed by atoms with Crippen LogP contribution in [-0.4, -0.2) is 24.2 Å². The number of hydrogen-bond acceptors (Lipinski definition) is 3. The Hall–Kier alpha value is -1.00. The molecular weight excluding hydrogens is 244 g/mol. The lowest BCUT2D eigenvalue weighted by molar-refractivity contribution is -0.123. The zero-order chi connectivity index (χ0) is 13.6. The van der Waals surface area contributed by atoms with Crippen molar-refractivity contribution in [3.63, 3.8) is 0 Å². The van der Waals surface area contributed by atoms with Crippen molar-refractivity contribution in [1.82, 2.24) is 5.32 Å². The van der Waals surface area contributed by atoms with E-state index in [4.69, 9.17) is 5.73 Å². The third-order valence-electron chi connectivity index (χ3n) is 3.21. The average Bonchev–Trinajstić information content (AvgIpc) is 2.36. The third-order valence-corrected chi connectivity index (χ3v) is 4.30. The number of thioether (sulfide) groups is 1. The molecule has 0 aliphatic carbocycles. The molecule has 0 aliphatic rings. The van der Waals surface area contributed by atoms with Gasteiger partial charge in [0.05, 0.1) is 5.54 Å². The zero-order valence-electron chi connectivity index (χ0n) is 11.3. The summed E-state index contributed by atoms with van der Waals surface area (Å²) in [4.78, 5) is 12.6. The van der Waals surface area contributed by atoms with E-state index in [2.05, 4.69) is 36.5 Å². The van der Waals surface area contributed by atoms with Crippen LogP contribution in [0, 0.1) is 6.92 Å². The van der Waals surface area contributed by atoms with Crippen molar-refractivity contribution < 1.29 is 4.79 Å². The normalized spacial score (nSPS) is 14.2. The van der Waals surface area contributed by atoms with Gasteiger partial charge < -0.3 is 11.1 Å². The van der Waals surface area contributed by atoms with E-state index in [0.29, 0.717) is 0 Å². The van der Waals surface area contributed by atoms with Gasteiger partial charge in [0, 0.05) is 4.90 Å². The Morgan fingerprint density at radius 1 is 1.39 bits per heavy atom. The molecule has 1 atom stereocenters. The summed E-state index contributed by atoms with van der Waals surface area (Å²) in [6.45, 7) is 3.94. The second-order valence-electron chi connectivity index (χ2n) is 4.71. The summed E-state index contributed by atoms with van der Waals surface area (Å²) in [5.41, 5.74) is 6.07. The maximum atomic E-state index is 11.3. The Balaban J connectivity index is 2.34. The Labute approximate surface area is 114 Å². The number of rotatable bonds is 7. The van der Waals surface area contributed by atoms with Gasteiger partial charge in [-0.05, 0) is 51.6 Å². The van der Waals surface area contributed by atoms with Crippen molar-refractivity contribution >= 4 is 17.7 Å². The van der Waals surface area contributed by atoms with Crippen LogP contribution in [0.3, 0.4) is 0 Å². The minimum absolute atomic E-state index is 0.287. The van der Waals surface area contributed by atoms with Crippen molar-refractivity contribution in [2.45, 2.75) is 37.1 Å². The number of amides is 1. The first kappa shape index (κ1) is 15.1. The minimum Gasteiger partial charge on any atom is -0.368 e. The van der Waals surface area contributed by atoms with Crippen LogP contribution in [0.1, 0.15) is 25.3 Å². The van der Waals surface area contributed by atoms with Crippen LogP contribution in [0.15, 0.2) is 29.2 Å². The monoisotopic (exact) mass is 266 g/mol. The molecule has 3 nitrogen and oxygen atoms in total. The molecule has 0 saturated heterocycles. The molecule has 0 radical (unpaired) electrons. The second-order valence-corrected chi connectivity index (χ2v) is 5.88. The smallest absolute Gasteiger partial charge is 0.237 e. The van der Waals surface area contributed by atoms with Crippen molar-refractivity contribution in [3.8, 4) is 0 Å². The SMILES string of the molecule is CNC(C)(CCCSc1ccc(C)cc1)C(N)=O. The second kappa shape index (κ2) is 6.81. The molecule has 1 aromatic rings. The molecule has 1 rings (SSSR count). The van der Waals surface area contributed by atoms with E-state index in [1.807, 2.05) is 18.7 Å². The molecule has 0 fully saturated rings. The van der Waals surface area contributed by atoms with Crippen LogP contribution in [0.4, 0.5) is 0 Å². The van der Waals surface area contributed by atoms with Gasteiger partial charge in [-0.15, -0.1) is 11.8 Å². The van der Waals surface area contributed by atoms with Gasteiger partial charge in [0.15, 0.2) is 0 Å². The highest BCUT2D eigenvalue weighted by Crippen LogP contribution is 2.21. The first-order valence-electron chi connectivity index (χ1n) is 6.16. The Bertz CT molecular complexity index is 391. The van der Waals surface area contributed by atoms with E-state index in [1.54, 1.807) is 7.05 Å². The molecule has 100 valence electrons. The van der Waals surface area contributed by atoms with Crippen LogP contribution in [-0.2, 0) is 4.79 Å². The van der Waals surface area contributed by atoms with Gasteiger partial charge in [0.1, 0.15) is 0 Å². The molecule has 0 aromatic heterocycles. The molecule has 3 N–H and O–H groups in total. The molecule has 1 amide bonds. The fraction of sp³-hybridized carbons (Fsp3) is 0.500. The summed E-state index contributed by atoms with van der Waals surface area (Å²) in [6, 6.07) is 8.49. The van der Waals surface area contributed by atoms with Gasteiger partial charge in [0.2, 0.25) is 5.91 Å². The van der Waals surface area contributed by atoms with E-state index in [-0.39, 0.29) is 5.91 Å². The first-order chi connectivity index (χ1) is 8.48. The fourth-order valence-electron chi connectivity index (χ4n) is 1.62. The van der Waals surface area contributed by atoms with Gasteiger partial charge in [0.25, 0.3) is 0 Å². The molecule has 0 heterocycles. The Morgan fingerprint density at radius 3 is 2.50 bits per heavy atom. The molecule has 0 aliphatic heterocycles. The van der Waals surface area contributed by atoms with Crippen LogP contribution < -0.4 is 11.1 Å². The summed E-state index contributed by atoms with van der Waals surface area (Å²) in [6.07, 6.45) is 1.72. The molecule has 1 aromatic carbocycles. The highest BCUT2D eigenvalue weighted by Gasteiger charge is 2.27. The summed E-state index contributed by atoms with van der Waals surface area (Å²) in [7, 11) is 1.78. The summed E-state index contributed by atoms with van der Waals surface area (Å²) >= 11 is 1.81. The predicted octanol–water partition coefficient (Wildman–Crippen LogP) is 2.33. The molecule has 4 heteroatoms. The van der Waals surface area contributed by atoms with Gasteiger partial charge in [-0.3, -0.25) is 4.79 Å². The summed E-state index contributed by atoms with van der Waals surface area (Å²) < 4.78 is 0. The van der Waals surface area contributed by atoms with Crippen LogP contribution >= 0.6 is 11.8 Å². The number of aryl methyl sites for hydroxylation is 1. The van der Waals surface area contributed by atoms with Crippen LogP contribution in [0.2, 0.25) is 0 Å². The number of nitrogens with one attached hydrogen (secondary N) is 1. The van der Waals surface area contributed by atoms with Crippen LogP contribution in [0.5, 0.6) is 0 Å². The van der Waals surface area contributed by atoms with E-state index < -0.39 is 5.54 Å². The molecule has 0 bridgehead atoms. The lowest BCUT2D eigenvalue weighted by Gasteiger charge is -2.25. The number of carbonyl (C=O) groups excluding carboxylic acids is 1. The molecule has 18 heavy (non-hydrogen) atoms. The van der Waals surface area contributed by atoms with Gasteiger partial charge in [-0.2, -0.15) is 0 Å². The maximum Gasteiger partial charge on any atom is 0.237 e. The van der Waals surface area contributed by atoms with E-state index >= 15 is 0 Å². The Kier molecular flexibility index (Phi) is 5.69. The van der Waals surface area contributed by atoms with E-state index in [0.717, 1.165) is 18.6 Å². The van der Waals surface area contributed by atoms with E-state index in [9.17, 15) is 4.79 Å². The van der Waals surface area contributed by atoms with Crippen molar-refractivity contribution in [2.24, 2.45) is 5.73 Å². The Morgan fingerprint density at radius 2 is 2.00 bits per heavy atom. The summed E-state index contributed by atoms with van der Waals surface area (Å²) in [5, 5.41) is 3.00. The zero-order valence-corrected chi connectivity index (χ0v) is 12.1. The predicted molar refractivity (Wildman–Crippen MR) is 77.8 cm³/mol. The average molecular weight is 266 g/mol. The standard InChI is InChI=1S/C14H22N2OS/c1-11-5-7-12(8-6-11)18-10-4-9-14(2,16-3)13(15)17/h5-8,16H,4,9-10H2,1-3H3,(H2,15,17). The molecule has 0 saturated carbocycles. The first-order valence-corrected chi connectivity index (χ1v) is 7.15. The highest BCUT2D eigenvalue weighted by atomic mass is 32.2. The van der Waals surface area contributed by atoms with Crippen molar-refractivity contribution in [1.29, 1.82) is 0 Å². The van der Waals surface area contributed by atoms with Crippen molar-refractivity contribution in [2.75, 3.05) is 12.8 Å². The largest absolute Gasteiger partial charge is 0.368 e. The van der Waals surface area contributed by atoms with Gasteiger partial charge in [-0.25, -0.2) is 0 Å². The lowest BCUT2D eigenvalue weighted by atomic mass is 9.96. The number of nitrogens with two attached hydrogens (primary N) is 1. The fourth-order valence-corrected chi connectivity index (χ4v) is 2.47. The minimum atomic E-state index is -0.589. The van der Waals surface area contributed by atoms with Gasteiger partial charge in [-0.1, -0.05) is 17.7 Å². The molecular formula is C14H22N2OS. The number of hydrogen-bond donors (Lipinski definition) is 2. The van der Waals surface area contributed by atoms with Crippen molar-refractivity contribution in [3.05, 3.63) is 29.8 Å².